The molecule has 25 heavy (non-hydrogen) atoms. The Kier molecular flexibility index (Phi) is 5.46. The van der Waals surface area contributed by atoms with Crippen LogP contribution in [0.1, 0.15) is 23.0 Å². The normalized spacial score (nSPS) is 10.9. The molecule has 0 aliphatic carbocycles. The van der Waals surface area contributed by atoms with Gasteiger partial charge in [-0.15, -0.1) is 0 Å². The number of nitrogens with zero attached hydrogens (tertiary/aromatic N) is 4. The number of benzene rings is 1. The number of halogens is 3. The molecule has 0 saturated heterocycles. The van der Waals surface area contributed by atoms with Crippen molar-refractivity contribution >= 4 is 50.9 Å². The van der Waals surface area contributed by atoms with Crippen LogP contribution >= 0.6 is 39.1 Å². The summed E-state index contributed by atoms with van der Waals surface area (Å²) in [6.45, 7) is 3.03. The fourth-order valence-electron chi connectivity index (χ4n) is 2.25. The van der Waals surface area contributed by atoms with Crippen molar-refractivity contribution in [3.8, 4) is 0 Å². The van der Waals surface area contributed by atoms with Crippen molar-refractivity contribution in [3.05, 3.63) is 62.4 Å². The molecule has 130 valence electrons. The Bertz CT molecular complexity index is 901. The van der Waals surface area contributed by atoms with Crippen LogP contribution in [0.4, 0.5) is 5.82 Å². The first kappa shape index (κ1) is 18.0. The van der Waals surface area contributed by atoms with Crippen LogP contribution < -0.4 is 5.32 Å². The van der Waals surface area contributed by atoms with Crippen LogP contribution in [-0.2, 0) is 13.1 Å². The fourth-order valence-corrected chi connectivity index (χ4v) is 3.26. The molecule has 6 nitrogen and oxygen atoms in total. The molecular weight excluding hydrogens is 429 g/mol. The molecule has 9 heteroatoms. The van der Waals surface area contributed by atoms with Gasteiger partial charge in [-0.2, -0.15) is 10.2 Å². The Morgan fingerprint density at radius 1 is 1.20 bits per heavy atom. The lowest BCUT2D eigenvalue weighted by Crippen LogP contribution is -2.14. The first-order chi connectivity index (χ1) is 12.0. The van der Waals surface area contributed by atoms with Crippen LogP contribution in [0.2, 0.25) is 10.0 Å². The van der Waals surface area contributed by atoms with E-state index in [0.29, 0.717) is 39.1 Å². The molecule has 3 rings (SSSR count). The molecular formula is C16H14BrCl2N5O. The molecule has 2 heterocycles. The molecule has 0 aliphatic rings. The minimum absolute atomic E-state index is 0.311. The quantitative estimate of drug-likeness (QED) is 0.633. The third-order valence-electron chi connectivity index (χ3n) is 3.52. The van der Waals surface area contributed by atoms with Gasteiger partial charge in [0.2, 0.25) is 0 Å². The fraction of sp³-hybridized carbons (Fsp3) is 0.188. The number of rotatable bonds is 5. The van der Waals surface area contributed by atoms with E-state index in [2.05, 4.69) is 31.4 Å². The molecule has 0 aliphatic heterocycles. The first-order valence-electron chi connectivity index (χ1n) is 7.48. The molecule has 0 saturated carbocycles. The standard InChI is InChI=1S/C16H14BrCl2N5O/c1-2-23-9-11(17)15(22-23)16(25)20-14-6-7-24(21-14)8-10-12(18)4-3-5-13(10)19/h3-7,9H,2,8H2,1H3,(H,20,21,25). The van der Waals surface area contributed by atoms with Gasteiger partial charge in [0.15, 0.2) is 11.5 Å². The number of aryl methyl sites for hydroxylation is 1. The SMILES string of the molecule is CCn1cc(Br)c(C(=O)Nc2ccn(Cc3c(Cl)cccc3Cl)n2)n1. The van der Waals surface area contributed by atoms with E-state index in [1.807, 2.05) is 6.92 Å². The van der Waals surface area contributed by atoms with Gasteiger partial charge in [-0.3, -0.25) is 14.2 Å². The molecule has 1 amide bonds. The van der Waals surface area contributed by atoms with Gasteiger partial charge in [0.25, 0.3) is 5.91 Å². The van der Waals surface area contributed by atoms with E-state index in [4.69, 9.17) is 23.2 Å². The number of hydrogen-bond donors (Lipinski definition) is 1. The molecule has 1 N–H and O–H groups in total. The molecule has 3 aromatic rings. The van der Waals surface area contributed by atoms with Gasteiger partial charge < -0.3 is 5.32 Å². The average Bonchev–Trinajstić information content (AvgIpc) is 3.17. The lowest BCUT2D eigenvalue weighted by atomic mass is 10.2. The molecule has 0 unspecified atom stereocenters. The van der Waals surface area contributed by atoms with Gasteiger partial charge >= 0.3 is 0 Å². The summed E-state index contributed by atoms with van der Waals surface area (Å²) in [6.07, 6.45) is 3.50. The molecule has 0 atom stereocenters. The van der Waals surface area contributed by atoms with E-state index in [0.717, 1.165) is 5.56 Å². The molecule has 0 radical (unpaired) electrons. The summed E-state index contributed by atoms with van der Waals surface area (Å²) in [5, 5.41) is 12.4. The molecule has 1 aromatic carbocycles. The summed E-state index contributed by atoms with van der Waals surface area (Å²) in [7, 11) is 0. The van der Waals surface area contributed by atoms with Crippen molar-refractivity contribution in [1.29, 1.82) is 0 Å². The molecule has 0 bridgehead atoms. The monoisotopic (exact) mass is 441 g/mol. The summed E-state index contributed by atoms with van der Waals surface area (Å²) in [6, 6.07) is 7.04. The van der Waals surface area contributed by atoms with Crippen molar-refractivity contribution in [2.45, 2.75) is 20.0 Å². The van der Waals surface area contributed by atoms with E-state index < -0.39 is 0 Å². The average molecular weight is 443 g/mol. The number of anilines is 1. The van der Waals surface area contributed by atoms with Crippen molar-refractivity contribution < 1.29 is 4.79 Å². The summed E-state index contributed by atoms with van der Waals surface area (Å²) in [4.78, 5) is 12.3. The van der Waals surface area contributed by atoms with Gasteiger partial charge in [0.05, 0.1) is 11.0 Å². The molecule has 0 fully saturated rings. The number of hydrogen-bond acceptors (Lipinski definition) is 3. The second-order valence-corrected chi connectivity index (χ2v) is 6.90. The molecule has 2 aromatic heterocycles. The minimum atomic E-state index is -0.333. The second kappa shape index (κ2) is 7.59. The van der Waals surface area contributed by atoms with Gasteiger partial charge in [-0.05, 0) is 35.0 Å². The summed E-state index contributed by atoms with van der Waals surface area (Å²) in [5.41, 5.74) is 1.08. The maximum Gasteiger partial charge on any atom is 0.278 e. The van der Waals surface area contributed by atoms with E-state index in [1.54, 1.807) is 46.0 Å². The number of amides is 1. The van der Waals surface area contributed by atoms with Crippen LogP contribution in [-0.4, -0.2) is 25.5 Å². The number of aromatic nitrogens is 4. The number of nitrogens with one attached hydrogen (secondary N) is 1. The minimum Gasteiger partial charge on any atom is -0.304 e. The van der Waals surface area contributed by atoms with Gasteiger partial charge in [-0.1, -0.05) is 29.3 Å². The number of carbonyl (C=O) groups is 1. The predicted octanol–water partition coefficient (Wildman–Crippen LogP) is 4.47. The maximum absolute atomic E-state index is 12.3. The zero-order valence-corrected chi connectivity index (χ0v) is 16.3. The topological polar surface area (TPSA) is 64.7 Å². The van der Waals surface area contributed by atoms with E-state index >= 15 is 0 Å². The Labute approximate surface area is 162 Å². The lowest BCUT2D eigenvalue weighted by molar-refractivity contribution is 0.102. The smallest absolute Gasteiger partial charge is 0.278 e. The van der Waals surface area contributed by atoms with Crippen LogP contribution in [0.5, 0.6) is 0 Å². The van der Waals surface area contributed by atoms with Crippen molar-refractivity contribution in [3.63, 3.8) is 0 Å². The second-order valence-electron chi connectivity index (χ2n) is 5.23. The first-order valence-corrected chi connectivity index (χ1v) is 9.03. The predicted molar refractivity (Wildman–Crippen MR) is 101 cm³/mol. The Balaban J connectivity index is 1.73. The van der Waals surface area contributed by atoms with Crippen LogP contribution in [0.15, 0.2) is 41.1 Å². The van der Waals surface area contributed by atoms with Gasteiger partial charge in [-0.25, -0.2) is 0 Å². The largest absolute Gasteiger partial charge is 0.304 e. The Hall–Kier alpha value is -1.83. The number of carbonyl (C=O) groups excluding carboxylic acids is 1. The Morgan fingerprint density at radius 3 is 2.56 bits per heavy atom. The van der Waals surface area contributed by atoms with E-state index in [-0.39, 0.29) is 5.91 Å². The van der Waals surface area contributed by atoms with Crippen molar-refractivity contribution in [2.24, 2.45) is 0 Å². The Morgan fingerprint density at radius 2 is 1.92 bits per heavy atom. The van der Waals surface area contributed by atoms with Crippen molar-refractivity contribution in [1.82, 2.24) is 19.6 Å². The van der Waals surface area contributed by atoms with Crippen LogP contribution in [0.25, 0.3) is 0 Å². The third-order valence-corrected chi connectivity index (χ3v) is 4.81. The third kappa shape index (κ3) is 4.05. The molecule has 0 spiro atoms. The van der Waals surface area contributed by atoms with E-state index in [1.165, 1.54) is 0 Å². The summed E-state index contributed by atoms with van der Waals surface area (Å²) in [5.74, 6) is 0.0891. The van der Waals surface area contributed by atoms with Crippen LogP contribution in [0.3, 0.4) is 0 Å². The highest BCUT2D eigenvalue weighted by Gasteiger charge is 2.16. The maximum atomic E-state index is 12.3. The van der Waals surface area contributed by atoms with Gasteiger partial charge in [0, 0.05) is 40.6 Å². The van der Waals surface area contributed by atoms with Crippen LogP contribution in [0, 0.1) is 0 Å². The summed E-state index contributed by atoms with van der Waals surface area (Å²) < 4.78 is 3.97. The summed E-state index contributed by atoms with van der Waals surface area (Å²) >= 11 is 15.7. The van der Waals surface area contributed by atoms with Crippen molar-refractivity contribution in [2.75, 3.05) is 5.32 Å². The highest BCUT2D eigenvalue weighted by Crippen LogP contribution is 2.25. The highest BCUT2D eigenvalue weighted by atomic mass is 79.9. The lowest BCUT2D eigenvalue weighted by Gasteiger charge is -2.07. The van der Waals surface area contributed by atoms with E-state index in [9.17, 15) is 4.79 Å². The van der Waals surface area contributed by atoms with Gasteiger partial charge in [0.1, 0.15) is 0 Å². The highest BCUT2D eigenvalue weighted by molar-refractivity contribution is 9.10. The zero-order chi connectivity index (χ0) is 18.0. The zero-order valence-electron chi connectivity index (χ0n) is 13.2.